The summed E-state index contributed by atoms with van der Waals surface area (Å²) in [7, 11) is 1.86. The molecule has 140 valence electrons. The summed E-state index contributed by atoms with van der Waals surface area (Å²) in [6, 6.07) is 7.74. The number of amides is 1. The lowest BCUT2D eigenvalue weighted by atomic mass is 10.1. The van der Waals surface area contributed by atoms with Gasteiger partial charge in [-0.25, -0.2) is 9.97 Å². The van der Waals surface area contributed by atoms with E-state index in [4.69, 9.17) is 0 Å². The number of anilines is 3. The highest BCUT2D eigenvalue weighted by Crippen LogP contribution is 2.34. The Morgan fingerprint density at radius 2 is 2.14 bits per heavy atom. The Labute approximate surface area is 161 Å². The van der Waals surface area contributed by atoms with E-state index in [2.05, 4.69) is 30.7 Å². The molecule has 0 bridgehead atoms. The summed E-state index contributed by atoms with van der Waals surface area (Å²) in [6.45, 7) is 0. The highest BCUT2D eigenvalue weighted by molar-refractivity contribution is 6.06. The number of aromatic nitrogens is 5. The van der Waals surface area contributed by atoms with Crippen LogP contribution in [0.4, 0.5) is 17.3 Å². The number of nitrogens with zero attached hydrogens (tertiary/aromatic N) is 4. The molecule has 0 aliphatic heterocycles. The highest BCUT2D eigenvalue weighted by Gasteiger charge is 2.30. The van der Waals surface area contributed by atoms with Gasteiger partial charge in [0, 0.05) is 42.5 Å². The van der Waals surface area contributed by atoms with E-state index in [1.54, 1.807) is 17.1 Å². The molecule has 1 aromatic carbocycles. The molecule has 0 saturated heterocycles. The van der Waals surface area contributed by atoms with Crippen LogP contribution >= 0.6 is 0 Å². The van der Waals surface area contributed by atoms with Crippen LogP contribution in [-0.4, -0.2) is 30.6 Å². The Kier molecular flexibility index (Phi) is 3.82. The minimum Gasteiger partial charge on any atom is -0.361 e. The van der Waals surface area contributed by atoms with E-state index < -0.39 is 0 Å². The van der Waals surface area contributed by atoms with Crippen molar-refractivity contribution in [3.63, 3.8) is 0 Å². The van der Waals surface area contributed by atoms with E-state index in [0.29, 0.717) is 5.95 Å². The van der Waals surface area contributed by atoms with Crippen molar-refractivity contribution in [2.75, 3.05) is 10.6 Å². The summed E-state index contributed by atoms with van der Waals surface area (Å²) in [5.41, 5.74) is 4.30. The lowest BCUT2D eigenvalue weighted by molar-refractivity contribution is -0.117. The van der Waals surface area contributed by atoms with E-state index in [-0.39, 0.29) is 11.8 Å². The minimum absolute atomic E-state index is 0.0974. The molecule has 0 atom stereocenters. The first-order chi connectivity index (χ1) is 13.7. The third-order valence-corrected chi connectivity index (χ3v) is 4.82. The van der Waals surface area contributed by atoms with Gasteiger partial charge in [-0.3, -0.25) is 9.48 Å². The topological polar surface area (TPSA) is 101 Å². The molecule has 1 aliphatic rings. The lowest BCUT2D eigenvalue weighted by Gasteiger charge is -2.10. The van der Waals surface area contributed by atoms with Gasteiger partial charge in [-0.15, -0.1) is 0 Å². The molecule has 3 N–H and O–H groups in total. The molecule has 3 aromatic heterocycles. The number of hydrogen-bond donors (Lipinski definition) is 3. The Bertz CT molecular complexity index is 1170. The number of fused-ring (bicyclic) bond motifs is 1. The molecule has 4 aromatic rings. The van der Waals surface area contributed by atoms with Gasteiger partial charge in [-0.2, -0.15) is 5.10 Å². The van der Waals surface area contributed by atoms with Gasteiger partial charge >= 0.3 is 0 Å². The SMILES string of the molecule is Cn1cc(Nc2nccc(-c3ccc(NC(=O)C4CC4)c4cc[nH]c34)n2)cn1. The summed E-state index contributed by atoms with van der Waals surface area (Å²) in [5, 5.41) is 11.3. The average Bonchev–Trinajstić information content (AvgIpc) is 3.29. The van der Waals surface area contributed by atoms with Crippen molar-refractivity contribution in [2.24, 2.45) is 13.0 Å². The van der Waals surface area contributed by atoms with Gasteiger partial charge in [-0.05, 0) is 37.1 Å². The van der Waals surface area contributed by atoms with Gasteiger partial charge in [-0.1, -0.05) is 0 Å². The summed E-state index contributed by atoms with van der Waals surface area (Å²) < 4.78 is 1.71. The number of carbonyl (C=O) groups excluding carboxylic acids is 1. The number of H-pyrrole nitrogens is 1. The maximum atomic E-state index is 12.2. The highest BCUT2D eigenvalue weighted by atomic mass is 16.2. The van der Waals surface area contributed by atoms with Crippen molar-refractivity contribution < 1.29 is 4.79 Å². The van der Waals surface area contributed by atoms with Gasteiger partial charge in [0.15, 0.2) is 0 Å². The molecule has 0 radical (unpaired) electrons. The van der Waals surface area contributed by atoms with Gasteiger partial charge < -0.3 is 15.6 Å². The van der Waals surface area contributed by atoms with Crippen LogP contribution in [-0.2, 0) is 11.8 Å². The first-order valence-corrected chi connectivity index (χ1v) is 9.17. The van der Waals surface area contributed by atoms with Crippen LogP contribution in [0.5, 0.6) is 0 Å². The fraction of sp³-hybridized carbons (Fsp3) is 0.200. The van der Waals surface area contributed by atoms with Crippen LogP contribution in [0.15, 0.2) is 49.1 Å². The van der Waals surface area contributed by atoms with Crippen LogP contribution in [0.1, 0.15) is 12.8 Å². The summed E-state index contributed by atoms with van der Waals surface area (Å²) in [6.07, 6.45) is 9.13. The van der Waals surface area contributed by atoms with Crippen molar-refractivity contribution >= 4 is 34.1 Å². The van der Waals surface area contributed by atoms with Crippen LogP contribution in [0.2, 0.25) is 0 Å². The number of aryl methyl sites for hydroxylation is 1. The number of hydrogen-bond acceptors (Lipinski definition) is 5. The van der Waals surface area contributed by atoms with Gasteiger partial charge in [0.25, 0.3) is 0 Å². The van der Waals surface area contributed by atoms with Gasteiger partial charge in [0.1, 0.15) is 0 Å². The standard InChI is InChI=1S/C20H19N7O/c1-27-11-13(10-23-27)24-20-22-9-7-17(26-20)14-4-5-16(15-6-8-21-18(14)15)25-19(28)12-2-3-12/h4-12,21H,2-3H2,1H3,(H,25,28)(H,22,24,26). The first-order valence-electron chi connectivity index (χ1n) is 9.17. The molecule has 28 heavy (non-hydrogen) atoms. The van der Waals surface area contributed by atoms with E-state index in [9.17, 15) is 4.79 Å². The number of rotatable bonds is 5. The number of carbonyl (C=O) groups is 1. The van der Waals surface area contributed by atoms with Crippen LogP contribution in [0, 0.1) is 5.92 Å². The molecule has 1 amide bonds. The molecule has 5 rings (SSSR count). The fourth-order valence-electron chi connectivity index (χ4n) is 3.24. The average molecular weight is 373 g/mol. The molecular formula is C20H19N7O. The van der Waals surface area contributed by atoms with Crippen LogP contribution in [0.3, 0.4) is 0 Å². The third-order valence-electron chi connectivity index (χ3n) is 4.82. The molecule has 8 nitrogen and oxygen atoms in total. The Morgan fingerprint density at radius 1 is 1.25 bits per heavy atom. The fourth-order valence-corrected chi connectivity index (χ4v) is 3.24. The Morgan fingerprint density at radius 3 is 2.93 bits per heavy atom. The molecular weight excluding hydrogens is 354 g/mol. The molecule has 3 heterocycles. The maximum Gasteiger partial charge on any atom is 0.227 e. The van der Waals surface area contributed by atoms with Crippen molar-refractivity contribution in [1.82, 2.24) is 24.7 Å². The number of nitrogens with one attached hydrogen (secondary N) is 3. The molecule has 8 heteroatoms. The van der Waals surface area contributed by atoms with E-state index in [1.807, 2.05) is 43.7 Å². The second kappa shape index (κ2) is 6.49. The lowest BCUT2D eigenvalue weighted by Crippen LogP contribution is -2.13. The van der Waals surface area contributed by atoms with Crippen molar-refractivity contribution in [3.8, 4) is 11.3 Å². The van der Waals surface area contributed by atoms with Gasteiger partial charge in [0.2, 0.25) is 11.9 Å². The summed E-state index contributed by atoms with van der Waals surface area (Å²) in [4.78, 5) is 24.4. The zero-order valence-electron chi connectivity index (χ0n) is 15.3. The Balaban J connectivity index is 1.48. The summed E-state index contributed by atoms with van der Waals surface area (Å²) in [5.74, 6) is 0.758. The largest absolute Gasteiger partial charge is 0.361 e. The Hall–Kier alpha value is -3.68. The van der Waals surface area contributed by atoms with Crippen LogP contribution in [0.25, 0.3) is 22.2 Å². The van der Waals surface area contributed by atoms with Crippen molar-refractivity contribution in [3.05, 3.63) is 49.1 Å². The normalized spacial score (nSPS) is 13.6. The predicted molar refractivity (Wildman–Crippen MR) is 107 cm³/mol. The molecule has 1 saturated carbocycles. The van der Waals surface area contributed by atoms with E-state index >= 15 is 0 Å². The van der Waals surface area contributed by atoms with Crippen LogP contribution < -0.4 is 10.6 Å². The predicted octanol–water partition coefficient (Wildman–Crippen LogP) is 3.45. The van der Waals surface area contributed by atoms with E-state index in [1.165, 1.54) is 0 Å². The third kappa shape index (κ3) is 3.09. The smallest absolute Gasteiger partial charge is 0.227 e. The van der Waals surface area contributed by atoms with Crippen molar-refractivity contribution in [1.29, 1.82) is 0 Å². The number of aromatic amines is 1. The molecule has 0 spiro atoms. The molecule has 1 aliphatic carbocycles. The quantitative estimate of drug-likeness (QED) is 0.497. The summed E-state index contributed by atoms with van der Waals surface area (Å²) >= 11 is 0. The maximum absolute atomic E-state index is 12.2. The minimum atomic E-state index is 0.0974. The zero-order valence-corrected chi connectivity index (χ0v) is 15.3. The second-order valence-corrected chi connectivity index (χ2v) is 6.98. The van der Waals surface area contributed by atoms with Gasteiger partial charge in [0.05, 0.1) is 28.8 Å². The first kappa shape index (κ1) is 16.5. The monoisotopic (exact) mass is 373 g/mol. The molecule has 1 fully saturated rings. The zero-order chi connectivity index (χ0) is 19.1. The van der Waals surface area contributed by atoms with Crippen molar-refractivity contribution in [2.45, 2.75) is 12.8 Å². The number of benzene rings is 1. The molecule has 0 unspecified atom stereocenters. The second-order valence-electron chi connectivity index (χ2n) is 6.98. The van der Waals surface area contributed by atoms with E-state index in [0.717, 1.165) is 46.4 Å².